The third-order valence-electron chi connectivity index (χ3n) is 2.61. The van der Waals surface area contributed by atoms with Crippen LogP contribution in [0.2, 0.25) is 0 Å². The number of alkyl carbamates (subject to hydrolysis) is 1. The summed E-state index contributed by atoms with van der Waals surface area (Å²) in [6, 6.07) is 0. The van der Waals surface area contributed by atoms with Gasteiger partial charge in [-0.15, -0.1) is 0 Å². The second kappa shape index (κ2) is 8.78. The molecule has 0 radical (unpaired) electrons. The van der Waals surface area contributed by atoms with Crippen molar-refractivity contribution < 1.29 is 39.1 Å². The van der Waals surface area contributed by atoms with Gasteiger partial charge in [0.2, 0.25) is 0 Å². The second-order valence-electron chi connectivity index (χ2n) is 4.30. The molecule has 1 amide bonds. The molecule has 0 saturated carbocycles. The minimum Gasteiger partial charge on any atom is -0.452 e. The van der Waals surface area contributed by atoms with E-state index in [1.165, 1.54) is 14.0 Å². The fourth-order valence-corrected chi connectivity index (χ4v) is 1.64. The summed E-state index contributed by atoms with van der Waals surface area (Å²) in [7, 11) is 1.28. The summed E-state index contributed by atoms with van der Waals surface area (Å²) < 4.78 is 15.0. The van der Waals surface area contributed by atoms with E-state index in [9.17, 15) is 24.9 Å². The molecule has 0 aromatic rings. The largest absolute Gasteiger partial charge is 0.452 e. The van der Waals surface area contributed by atoms with E-state index in [4.69, 9.17) is 14.2 Å². The Morgan fingerprint density at radius 1 is 1.33 bits per heavy atom. The van der Waals surface area contributed by atoms with Crippen LogP contribution >= 0.6 is 0 Å². The van der Waals surface area contributed by atoms with Crippen molar-refractivity contribution >= 4 is 12.1 Å². The summed E-state index contributed by atoms with van der Waals surface area (Å²) in [5.74, 6) is -2.95. The van der Waals surface area contributed by atoms with Gasteiger partial charge in [0, 0.05) is 20.6 Å². The van der Waals surface area contributed by atoms with Gasteiger partial charge in [0.1, 0.15) is 12.7 Å². The van der Waals surface area contributed by atoms with Gasteiger partial charge in [-0.3, -0.25) is 4.79 Å². The first-order chi connectivity index (χ1) is 9.73. The fraction of sp³-hybridized carbons (Fsp3) is 0.833. The van der Waals surface area contributed by atoms with Crippen LogP contribution in [0.4, 0.5) is 4.79 Å². The molecule has 0 aromatic carbocycles. The predicted octanol–water partition coefficient (Wildman–Crippen LogP) is -1.26. The highest BCUT2D eigenvalue weighted by Gasteiger charge is 2.51. The Hall–Kier alpha value is -1.42. The van der Waals surface area contributed by atoms with Gasteiger partial charge in [0.15, 0.2) is 6.10 Å². The van der Waals surface area contributed by atoms with E-state index in [0.717, 1.165) is 6.92 Å². The molecule has 9 heteroatoms. The number of hydrogen-bond donors (Lipinski definition) is 4. The number of aliphatic hydroxyl groups excluding tert-OH is 3. The first-order valence-electron chi connectivity index (χ1n) is 6.43. The lowest BCUT2D eigenvalue weighted by atomic mass is 10.0. The second-order valence-corrected chi connectivity index (χ2v) is 4.30. The highest BCUT2D eigenvalue weighted by molar-refractivity contribution is 5.68. The monoisotopic (exact) mass is 309 g/mol. The lowest BCUT2D eigenvalue weighted by Gasteiger charge is -2.39. The third kappa shape index (κ3) is 5.46. The maximum atomic E-state index is 11.4. The van der Waals surface area contributed by atoms with E-state index in [0.29, 0.717) is 0 Å². The molecule has 9 nitrogen and oxygen atoms in total. The standard InChI is InChI=1S/C12H23NO8/c1-5-19-12(6-14,21-11(18)13-4)10(20-8(3)16)9(17)7(2)15/h7,9-10,14-15,17H,5-6H2,1-4H3,(H,13,18). The summed E-state index contributed by atoms with van der Waals surface area (Å²) in [6.07, 6.45) is -5.55. The van der Waals surface area contributed by atoms with Crippen molar-refractivity contribution in [2.45, 2.75) is 44.9 Å². The van der Waals surface area contributed by atoms with Crippen molar-refractivity contribution in [2.75, 3.05) is 20.3 Å². The predicted molar refractivity (Wildman–Crippen MR) is 70.2 cm³/mol. The maximum absolute atomic E-state index is 11.4. The van der Waals surface area contributed by atoms with Crippen molar-refractivity contribution in [1.29, 1.82) is 0 Å². The summed E-state index contributed by atoms with van der Waals surface area (Å²) in [5, 5.41) is 31.2. The van der Waals surface area contributed by atoms with E-state index < -0.39 is 42.8 Å². The van der Waals surface area contributed by atoms with Gasteiger partial charge in [0.25, 0.3) is 5.79 Å². The van der Waals surface area contributed by atoms with Crippen LogP contribution in [-0.2, 0) is 19.0 Å². The van der Waals surface area contributed by atoms with Crippen LogP contribution < -0.4 is 5.32 Å². The molecule has 0 spiro atoms. The normalized spacial score (nSPS) is 18.0. The zero-order chi connectivity index (χ0) is 16.6. The van der Waals surface area contributed by atoms with Crippen molar-refractivity contribution in [3.05, 3.63) is 0 Å². The molecule has 0 aliphatic rings. The molecule has 0 heterocycles. The van der Waals surface area contributed by atoms with Gasteiger partial charge in [-0.1, -0.05) is 0 Å². The number of ether oxygens (including phenoxy) is 3. The number of esters is 1. The van der Waals surface area contributed by atoms with Gasteiger partial charge < -0.3 is 34.8 Å². The SMILES string of the molecule is CCOC(CO)(OC(=O)NC)C(OC(C)=O)C(O)C(C)O. The van der Waals surface area contributed by atoms with Crippen molar-refractivity contribution in [3.63, 3.8) is 0 Å². The molecule has 4 N–H and O–H groups in total. The van der Waals surface area contributed by atoms with Gasteiger partial charge in [0.05, 0.1) is 6.10 Å². The number of carbonyl (C=O) groups excluding carboxylic acids is 2. The molecule has 4 unspecified atom stereocenters. The van der Waals surface area contributed by atoms with E-state index in [2.05, 4.69) is 5.32 Å². The molecule has 0 aliphatic carbocycles. The zero-order valence-electron chi connectivity index (χ0n) is 12.5. The number of rotatable bonds is 8. The summed E-state index contributed by atoms with van der Waals surface area (Å²) in [5.41, 5.74) is 0. The minimum absolute atomic E-state index is 0.0121. The fourth-order valence-electron chi connectivity index (χ4n) is 1.64. The molecule has 4 atom stereocenters. The summed E-state index contributed by atoms with van der Waals surface area (Å²) in [6.45, 7) is 2.96. The number of amides is 1. The van der Waals surface area contributed by atoms with Crippen LogP contribution in [0.1, 0.15) is 20.8 Å². The van der Waals surface area contributed by atoms with Crippen LogP contribution in [0.15, 0.2) is 0 Å². The number of carbonyl (C=O) groups is 2. The van der Waals surface area contributed by atoms with Crippen LogP contribution in [0.3, 0.4) is 0 Å². The summed E-state index contributed by atoms with van der Waals surface area (Å²) in [4.78, 5) is 22.6. The van der Waals surface area contributed by atoms with E-state index in [1.807, 2.05) is 0 Å². The Morgan fingerprint density at radius 3 is 2.24 bits per heavy atom. The summed E-state index contributed by atoms with van der Waals surface area (Å²) >= 11 is 0. The molecule has 124 valence electrons. The molecule has 0 rings (SSSR count). The van der Waals surface area contributed by atoms with E-state index >= 15 is 0 Å². The Morgan fingerprint density at radius 2 is 1.90 bits per heavy atom. The average molecular weight is 309 g/mol. The smallest absolute Gasteiger partial charge is 0.409 e. The van der Waals surface area contributed by atoms with Crippen LogP contribution in [0, 0.1) is 0 Å². The van der Waals surface area contributed by atoms with E-state index in [1.54, 1.807) is 6.92 Å². The lowest BCUT2D eigenvalue weighted by molar-refractivity contribution is -0.293. The van der Waals surface area contributed by atoms with Crippen LogP contribution in [0.5, 0.6) is 0 Å². The average Bonchev–Trinajstić information content (AvgIpc) is 2.42. The van der Waals surface area contributed by atoms with Gasteiger partial charge in [-0.25, -0.2) is 4.79 Å². The lowest BCUT2D eigenvalue weighted by Crippen LogP contribution is -2.60. The van der Waals surface area contributed by atoms with Crippen LogP contribution in [-0.4, -0.2) is 71.7 Å². The Bertz CT molecular complexity index is 348. The molecule has 0 saturated heterocycles. The highest BCUT2D eigenvalue weighted by atomic mass is 16.8. The topological polar surface area (TPSA) is 135 Å². The highest BCUT2D eigenvalue weighted by Crippen LogP contribution is 2.26. The Kier molecular flexibility index (Phi) is 8.18. The molecule has 0 bridgehead atoms. The van der Waals surface area contributed by atoms with Crippen LogP contribution in [0.25, 0.3) is 0 Å². The first-order valence-corrected chi connectivity index (χ1v) is 6.43. The molecular weight excluding hydrogens is 286 g/mol. The molecule has 0 aromatic heterocycles. The zero-order valence-corrected chi connectivity index (χ0v) is 12.5. The van der Waals surface area contributed by atoms with Crippen molar-refractivity contribution in [2.24, 2.45) is 0 Å². The first kappa shape index (κ1) is 19.6. The number of hydrogen-bond acceptors (Lipinski definition) is 8. The van der Waals surface area contributed by atoms with Crippen molar-refractivity contribution in [3.8, 4) is 0 Å². The van der Waals surface area contributed by atoms with E-state index in [-0.39, 0.29) is 6.61 Å². The molecular formula is C12H23NO8. The minimum atomic E-state index is -2.14. The third-order valence-corrected chi connectivity index (χ3v) is 2.61. The van der Waals surface area contributed by atoms with Gasteiger partial charge in [-0.2, -0.15) is 0 Å². The van der Waals surface area contributed by atoms with Gasteiger partial charge >= 0.3 is 12.1 Å². The Balaban J connectivity index is 5.61. The molecule has 0 aliphatic heterocycles. The number of aliphatic hydroxyl groups is 3. The Labute approximate surface area is 122 Å². The molecule has 21 heavy (non-hydrogen) atoms. The maximum Gasteiger partial charge on any atom is 0.409 e. The van der Waals surface area contributed by atoms with Gasteiger partial charge in [-0.05, 0) is 13.8 Å². The molecule has 0 fully saturated rings. The number of nitrogens with one attached hydrogen (secondary N) is 1. The quantitative estimate of drug-likeness (QED) is 0.322. The van der Waals surface area contributed by atoms with Crippen molar-refractivity contribution in [1.82, 2.24) is 5.32 Å².